The van der Waals surface area contributed by atoms with Gasteiger partial charge >= 0.3 is 6.09 Å². The SMILES string of the molecule is CC(C)CN(C[C@@H](O)[C@H](Cc1ccc(OCCCCN)cc1)NC(=O)O)S(=O)(=O)c1ccc2c(c1)OOC2. The summed E-state index contributed by atoms with van der Waals surface area (Å²) in [7, 11) is -4.03. The Morgan fingerprint density at radius 3 is 2.55 bits per heavy atom. The number of unbranched alkanes of at least 4 members (excludes halogenated alkanes) is 1. The van der Waals surface area contributed by atoms with E-state index in [1.54, 1.807) is 30.3 Å². The van der Waals surface area contributed by atoms with Crippen molar-refractivity contribution in [1.29, 1.82) is 0 Å². The van der Waals surface area contributed by atoms with E-state index in [0.29, 0.717) is 24.7 Å². The summed E-state index contributed by atoms with van der Waals surface area (Å²) in [5.74, 6) is 0.953. The number of hydrogen-bond acceptors (Lipinski definition) is 8. The number of nitrogens with two attached hydrogens (primary N) is 1. The van der Waals surface area contributed by atoms with Crippen LogP contribution in [0, 0.1) is 5.92 Å². The predicted molar refractivity (Wildman–Crippen MR) is 140 cm³/mol. The number of aliphatic hydroxyl groups excluding tert-OH is 1. The van der Waals surface area contributed by atoms with Crippen LogP contribution in [0.2, 0.25) is 0 Å². The van der Waals surface area contributed by atoms with E-state index >= 15 is 0 Å². The van der Waals surface area contributed by atoms with Crippen LogP contribution in [0.3, 0.4) is 0 Å². The quantitative estimate of drug-likeness (QED) is 0.193. The van der Waals surface area contributed by atoms with Crippen molar-refractivity contribution in [1.82, 2.24) is 9.62 Å². The molecule has 1 heterocycles. The van der Waals surface area contributed by atoms with E-state index in [1.807, 2.05) is 13.8 Å². The van der Waals surface area contributed by atoms with E-state index in [9.17, 15) is 23.4 Å². The number of nitrogens with zero attached hydrogens (tertiary/aromatic N) is 1. The number of rotatable bonds is 15. The number of carboxylic acid groups (broad SMARTS) is 1. The standard InChI is InChI=1S/C26H37N3O8S/c1-18(2)15-29(38(33,34)22-10-7-20-17-36-37-25(20)14-22)16-24(30)23(28-26(31)32)13-19-5-8-21(9-6-19)35-12-4-3-11-27/h5-10,14,18,23-24,28,30H,3-4,11-13,15-17,27H2,1-2H3,(H,31,32)/t23-,24+/m0/s1. The second-order valence-electron chi connectivity index (χ2n) is 9.65. The van der Waals surface area contributed by atoms with Gasteiger partial charge in [0.05, 0.1) is 23.6 Å². The van der Waals surface area contributed by atoms with Gasteiger partial charge < -0.3 is 30.9 Å². The molecule has 0 saturated carbocycles. The zero-order chi connectivity index (χ0) is 27.7. The molecule has 2 aromatic carbocycles. The lowest BCUT2D eigenvalue weighted by Crippen LogP contribution is -2.50. The zero-order valence-corrected chi connectivity index (χ0v) is 22.5. The van der Waals surface area contributed by atoms with Gasteiger partial charge in [0.25, 0.3) is 0 Å². The number of hydrogen-bond donors (Lipinski definition) is 4. The molecular weight excluding hydrogens is 514 g/mol. The normalized spacial score (nSPS) is 14.7. The van der Waals surface area contributed by atoms with Crippen molar-refractivity contribution in [2.24, 2.45) is 11.7 Å². The van der Waals surface area contributed by atoms with Crippen molar-refractivity contribution in [3.63, 3.8) is 0 Å². The highest BCUT2D eigenvalue weighted by Gasteiger charge is 2.32. The largest absolute Gasteiger partial charge is 0.494 e. The highest BCUT2D eigenvalue weighted by atomic mass is 32.2. The molecule has 210 valence electrons. The van der Waals surface area contributed by atoms with E-state index in [2.05, 4.69) is 5.32 Å². The minimum absolute atomic E-state index is 0.000560. The van der Waals surface area contributed by atoms with Crippen molar-refractivity contribution in [2.45, 2.75) is 56.8 Å². The first-order chi connectivity index (χ1) is 18.1. The molecule has 0 saturated heterocycles. The van der Waals surface area contributed by atoms with Crippen LogP contribution in [-0.2, 0) is 27.9 Å². The van der Waals surface area contributed by atoms with Crippen LogP contribution in [0.4, 0.5) is 4.79 Å². The molecule has 0 unspecified atom stereocenters. The van der Waals surface area contributed by atoms with Gasteiger partial charge in [-0.25, -0.2) is 13.2 Å². The maximum Gasteiger partial charge on any atom is 0.404 e. The number of carbonyl (C=O) groups is 1. The zero-order valence-electron chi connectivity index (χ0n) is 21.7. The Bertz CT molecular complexity index is 1160. The minimum atomic E-state index is -4.03. The van der Waals surface area contributed by atoms with Crippen molar-refractivity contribution >= 4 is 16.1 Å². The molecule has 2 aromatic rings. The van der Waals surface area contributed by atoms with E-state index < -0.39 is 28.3 Å². The molecule has 0 aromatic heterocycles. The molecule has 1 aliphatic heterocycles. The Kier molecular flexibility index (Phi) is 10.7. The van der Waals surface area contributed by atoms with Crippen LogP contribution in [-0.4, -0.2) is 67.4 Å². The van der Waals surface area contributed by atoms with E-state index in [4.69, 9.17) is 20.2 Å². The average Bonchev–Trinajstić information content (AvgIpc) is 3.34. The summed E-state index contributed by atoms with van der Waals surface area (Å²) in [5.41, 5.74) is 6.98. The third kappa shape index (κ3) is 8.30. The Hall–Kier alpha value is -2.90. The Labute approximate surface area is 223 Å². The highest BCUT2D eigenvalue weighted by molar-refractivity contribution is 7.89. The molecule has 38 heavy (non-hydrogen) atoms. The van der Waals surface area contributed by atoms with E-state index in [-0.39, 0.29) is 36.9 Å². The molecule has 0 radical (unpaired) electrons. The number of amides is 1. The molecule has 1 amide bonds. The third-order valence-corrected chi connectivity index (χ3v) is 7.85. The van der Waals surface area contributed by atoms with Gasteiger partial charge in [-0.3, -0.25) is 0 Å². The number of aliphatic hydroxyl groups is 1. The van der Waals surface area contributed by atoms with Gasteiger partial charge in [0.1, 0.15) is 12.4 Å². The smallest absolute Gasteiger partial charge is 0.404 e. The molecule has 5 N–H and O–H groups in total. The maximum absolute atomic E-state index is 13.5. The Morgan fingerprint density at radius 2 is 1.89 bits per heavy atom. The fourth-order valence-corrected chi connectivity index (χ4v) is 5.70. The highest BCUT2D eigenvalue weighted by Crippen LogP contribution is 2.30. The van der Waals surface area contributed by atoms with E-state index in [0.717, 1.165) is 24.0 Å². The van der Waals surface area contributed by atoms with Gasteiger partial charge in [-0.2, -0.15) is 9.19 Å². The number of nitrogens with one attached hydrogen (secondary N) is 1. The maximum atomic E-state index is 13.5. The summed E-state index contributed by atoms with van der Waals surface area (Å²) in [5, 5.41) is 22.8. The number of fused-ring (bicyclic) bond motifs is 1. The van der Waals surface area contributed by atoms with Crippen LogP contribution < -0.4 is 20.7 Å². The van der Waals surface area contributed by atoms with Gasteiger partial charge in [0.2, 0.25) is 10.0 Å². The van der Waals surface area contributed by atoms with Gasteiger partial charge in [0, 0.05) is 24.7 Å². The summed E-state index contributed by atoms with van der Waals surface area (Å²) in [6, 6.07) is 10.7. The van der Waals surface area contributed by atoms with Crippen molar-refractivity contribution in [3.05, 3.63) is 53.6 Å². The molecule has 3 rings (SSSR count). The molecule has 0 spiro atoms. The fraction of sp³-hybridized carbons (Fsp3) is 0.500. The summed E-state index contributed by atoms with van der Waals surface area (Å²) < 4.78 is 33.9. The lowest BCUT2D eigenvalue weighted by atomic mass is 10.0. The van der Waals surface area contributed by atoms with Crippen molar-refractivity contribution < 1.29 is 37.9 Å². The Balaban J connectivity index is 1.74. The predicted octanol–water partition coefficient (Wildman–Crippen LogP) is 2.51. The van der Waals surface area contributed by atoms with Gasteiger partial charge in [-0.1, -0.05) is 32.0 Å². The van der Waals surface area contributed by atoms with Crippen LogP contribution in [0.5, 0.6) is 11.5 Å². The molecule has 0 aliphatic carbocycles. The molecule has 0 fully saturated rings. The summed E-state index contributed by atoms with van der Waals surface area (Å²) >= 11 is 0. The molecule has 0 bridgehead atoms. The summed E-state index contributed by atoms with van der Waals surface area (Å²) in [6.45, 7) is 4.93. The van der Waals surface area contributed by atoms with Gasteiger partial charge in [0.15, 0.2) is 5.75 Å². The van der Waals surface area contributed by atoms with Gasteiger partial charge in [-0.15, -0.1) is 0 Å². The summed E-state index contributed by atoms with van der Waals surface area (Å²) in [6.07, 6.45) is -0.766. The molecule has 12 heteroatoms. The molecular formula is C26H37N3O8S. The van der Waals surface area contributed by atoms with E-state index in [1.165, 1.54) is 16.4 Å². The van der Waals surface area contributed by atoms with Crippen LogP contribution >= 0.6 is 0 Å². The monoisotopic (exact) mass is 551 g/mol. The van der Waals surface area contributed by atoms with Crippen LogP contribution in [0.1, 0.15) is 37.8 Å². The lowest BCUT2D eigenvalue weighted by molar-refractivity contribution is -0.194. The summed E-state index contributed by atoms with van der Waals surface area (Å²) in [4.78, 5) is 21.5. The number of ether oxygens (including phenoxy) is 1. The first kappa shape index (κ1) is 29.7. The second-order valence-corrected chi connectivity index (χ2v) is 11.6. The minimum Gasteiger partial charge on any atom is -0.494 e. The molecule has 2 atom stereocenters. The first-order valence-electron chi connectivity index (χ1n) is 12.6. The second kappa shape index (κ2) is 13.8. The topological polar surface area (TPSA) is 161 Å². The van der Waals surface area contributed by atoms with Crippen molar-refractivity contribution in [3.8, 4) is 11.5 Å². The molecule has 1 aliphatic rings. The van der Waals surface area contributed by atoms with Crippen LogP contribution in [0.25, 0.3) is 0 Å². The van der Waals surface area contributed by atoms with Crippen LogP contribution in [0.15, 0.2) is 47.4 Å². The fourth-order valence-electron chi connectivity index (χ4n) is 4.07. The lowest BCUT2D eigenvalue weighted by Gasteiger charge is -2.30. The van der Waals surface area contributed by atoms with Gasteiger partial charge in [-0.05, 0) is 55.5 Å². The molecule has 11 nitrogen and oxygen atoms in total. The number of sulfonamides is 1. The Morgan fingerprint density at radius 1 is 1.16 bits per heavy atom. The van der Waals surface area contributed by atoms with Crippen molar-refractivity contribution in [2.75, 3.05) is 26.2 Å². The number of benzene rings is 2. The average molecular weight is 552 g/mol. The third-order valence-electron chi connectivity index (χ3n) is 6.02. The first-order valence-corrected chi connectivity index (χ1v) is 14.1.